The first kappa shape index (κ1) is 15.0. The van der Waals surface area contributed by atoms with Gasteiger partial charge in [-0.25, -0.2) is 4.39 Å². The van der Waals surface area contributed by atoms with Gasteiger partial charge in [-0.05, 0) is 31.2 Å². The average molecular weight is 292 g/mol. The van der Waals surface area contributed by atoms with Crippen LogP contribution >= 0.6 is 0 Å². The molecule has 0 bridgehead atoms. The molecule has 0 aromatic heterocycles. The summed E-state index contributed by atoms with van der Waals surface area (Å²) in [6.45, 7) is 3.78. The number of nitrogens with zero attached hydrogens (tertiary/aromatic N) is 1. The minimum atomic E-state index is -0.287. The van der Waals surface area contributed by atoms with Crippen LogP contribution in [0.15, 0.2) is 41.5 Å². The van der Waals surface area contributed by atoms with E-state index < -0.39 is 0 Å². The summed E-state index contributed by atoms with van der Waals surface area (Å²) in [7, 11) is 1.57. The van der Waals surface area contributed by atoms with Gasteiger partial charge in [0.15, 0.2) is 0 Å². The zero-order valence-corrected chi connectivity index (χ0v) is 12.3. The zero-order valence-electron chi connectivity index (χ0n) is 12.3. The molecule has 0 amide bonds. The van der Waals surface area contributed by atoms with Gasteiger partial charge in [0, 0.05) is 30.9 Å². The molecule has 0 radical (unpaired) electrons. The van der Waals surface area contributed by atoms with Crippen molar-refractivity contribution in [2.45, 2.75) is 13.5 Å². The van der Waals surface area contributed by atoms with Crippen molar-refractivity contribution in [2.75, 3.05) is 20.2 Å². The van der Waals surface area contributed by atoms with Crippen LogP contribution in [0.5, 0.6) is 5.75 Å². The molecule has 21 heavy (non-hydrogen) atoms. The van der Waals surface area contributed by atoms with E-state index >= 15 is 0 Å². The molecule has 0 fully saturated rings. The van der Waals surface area contributed by atoms with Crippen LogP contribution in [0.1, 0.15) is 12.5 Å². The number of hydrogen-bond donors (Lipinski definition) is 3. The lowest BCUT2D eigenvalue weighted by Crippen LogP contribution is -2.41. The van der Waals surface area contributed by atoms with Gasteiger partial charge in [-0.2, -0.15) is 0 Å². The summed E-state index contributed by atoms with van der Waals surface area (Å²) in [5.41, 5.74) is 14.0. The van der Waals surface area contributed by atoms with E-state index in [9.17, 15) is 4.39 Å². The van der Waals surface area contributed by atoms with Gasteiger partial charge in [-0.1, -0.05) is 0 Å². The molecule has 114 valence electrons. The van der Waals surface area contributed by atoms with Crippen molar-refractivity contribution in [3.8, 4) is 5.75 Å². The molecule has 1 aromatic carbocycles. The topological polar surface area (TPSA) is 76.5 Å². The Labute approximate surface area is 124 Å². The third-order valence-electron chi connectivity index (χ3n) is 3.28. The fraction of sp³-hybridized carbons (Fsp3) is 0.333. The van der Waals surface area contributed by atoms with E-state index in [-0.39, 0.29) is 5.82 Å². The molecule has 0 saturated carbocycles. The number of ether oxygens (including phenoxy) is 1. The smallest absolute Gasteiger partial charge is 0.124 e. The molecule has 2 rings (SSSR count). The molecule has 0 spiro atoms. The second-order valence-corrected chi connectivity index (χ2v) is 4.99. The molecule has 1 aliphatic heterocycles. The van der Waals surface area contributed by atoms with Crippen LogP contribution in [0.3, 0.4) is 0 Å². The molecule has 5 N–H and O–H groups in total. The highest BCUT2D eigenvalue weighted by molar-refractivity contribution is 5.35. The highest BCUT2D eigenvalue weighted by Crippen LogP contribution is 2.24. The Kier molecular flexibility index (Phi) is 4.57. The lowest BCUT2D eigenvalue weighted by atomic mass is 10.1. The molecule has 6 heteroatoms. The van der Waals surface area contributed by atoms with Crippen molar-refractivity contribution in [3.05, 3.63) is 52.9 Å². The molecule has 0 atom stereocenters. The number of rotatable bonds is 4. The van der Waals surface area contributed by atoms with Crippen LogP contribution in [0.25, 0.3) is 0 Å². The molecule has 0 aliphatic carbocycles. The Hall–Kier alpha value is -2.37. The van der Waals surface area contributed by atoms with E-state index in [4.69, 9.17) is 16.2 Å². The van der Waals surface area contributed by atoms with E-state index in [1.54, 1.807) is 20.1 Å². The molecule has 0 saturated heterocycles. The number of methoxy groups -OCH3 is 1. The van der Waals surface area contributed by atoms with Crippen molar-refractivity contribution >= 4 is 0 Å². The maximum Gasteiger partial charge on any atom is 0.124 e. The Bertz CT molecular complexity index is 579. The standard InChI is InChI=1S/C15H21FN4O/c1-10(17)7-13-15(18)19-5-6-20(13)9-11-8-12(16)3-4-14(11)21-2/h3-4,7-8,19H,5-6,9,17-18H2,1-2H3/b10-7-. The summed E-state index contributed by atoms with van der Waals surface area (Å²) < 4.78 is 18.8. The normalized spacial score (nSPS) is 16.0. The average Bonchev–Trinajstić information content (AvgIpc) is 2.42. The van der Waals surface area contributed by atoms with Gasteiger partial charge >= 0.3 is 0 Å². The van der Waals surface area contributed by atoms with Crippen molar-refractivity contribution in [2.24, 2.45) is 11.5 Å². The quantitative estimate of drug-likeness (QED) is 0.778. The first-order valence-corrected chi connectivity index (χ1v) is 6.76. The third-order valence-corrected chi connectivity index (χ3v) is 3.28. The third kappa shape index (κ3) is 3.59. The number of hydrogen-bond acceptors (Lipinski definition) is 5. The zero-order chi connectivity index (χ0) is 15.4. The van der Waals surface area contributed by atoms with Crippen LogP contribution in [0, 0.1) is 5.82 Å². The van der Waals surface area contributed by atoms with E-state index in [1.807, 2.05) is 6.08 Å². The second kappa shape index (κ2) is 6.39. The highest BCUT2D eigenvalue weighted by atomic mass is 19.1. The van der Waals surface area contributed by atoms with Crippen molar-refractivity contribution in [1.29, 1.82) is 0 Å². The maximum atomic E-state index is 13.5. The highest BCUT2D eigenvalue weighted by Gasteiger charge is 2.18. The number of halogens is 1. The SMILES string of the molecule is COc1ccc(F)cc1CN1CCNC(N)=C1/C=C(/C)N. The van der Waals surface area contributed by atoms with Crippen LogP contribution in [-0.2, 0) is 6.54 Å². The predicted molar refractivity (Wildman–Crippen MR) is 80.5 cm³/mol. The molecule has 5 nitrogen and oxygen atoms in total. The first-order valence-electron chi connectivity index (χ1n) is 6.76. The Morgan fingerprint density at radius 1 is 1.52 bits per heavy atom. The minimum Gasteiger partial charge on any atom is -0.496 e. The van der Waals surface area contributed by atoms with Gasteiger partial charge < -0.3 is 26.4 Å². The van der Waals surface area contributed by atoms with E-state index in [0.29, 0.717) is 23.8 Å². The monoisotopic (exact) mass is 292 g/mol. The van der Waals surface area contributed by atoms with Gasteiger partial charge in [0.2, 0.25) is 0 Å². The van der Waals surface area contributed by atoms with Crippen molar-refractivity contribution in [1.82, 2.24) is 10.2 Å². The summed E-state index contributed by atoms with van der Waals surface area (Å²) in [6.07, 6.45) is 1.81. The fourth-order valence-corrected chi connectivity index (χ4v) is 2.33. The summed E-state index contributed by atoms with van der Waals surface area (Å²) in [4.78, 5) is 2.06. The molecule has 0 unspecified atom stereocenters. The number of benzene rings is 1. The molecule has 1 aromatic rings. The fourth-order valence-electron chi connectivity index (χ4n) is 2.33. The van der Waals surface area contributed by atoms with Crippen molar-refractivity contribution < 1.29 is 9.13 Å². The van der Waals surface area contributed by atoms with E-state index in [0.717, 1.165) is 24.4 Å². The van der Waals surface area contributed by atoms with E-state index in [1.165, 1.54) is 12.1 Å². The minimum absolute atomic E-state index is 0.287. The summed E-state index contributed by atoms with van der Waals surface area (Å²) in [6, 6.07) is 4.49. The number of nitrogens with two attached hydrogens (primary N) is 2. The lowest BCUT2D eigenvalue weighted by Gasteiger charge is -2.32. The van der Waals surface area contributed by atoms with Gasteiger partial charge in [-0.3, -0.25) is 0 Å². The van der Waals surface area contributed by atoms with Gasteiger partial charge in [0.05, 0.1) is 12.8 Å². The summed E-state index contributed by atoms with van der Waals surface area (Å²) >= 11 is 0. The molecule has 1 aliphatic rings. The van der Waals surface area contributed by atoms with Gasteiger partial charge in [0.25, 0.3) is 0 Å². The Morgan fingerprint density at radius 3 is 2.95 bits per heavy atom. The predicted octanol–water partition coefficient (Wildman–Crippen LogP) is 1.23. The second-order valence-electron chi connectivity index (χ2n) is 4.99. The Morgan fingerprint density at radius 2 is 2.29 bits per heavy atom. The van der Waals surface area contributed by atoms with Crippen LogP contribution in [-0.4, -0.2) is 25.1 Å². The van der Waals surface area contributed by atoms with Gasteiger partial charge in [-0.15, -0.1) is 0 Å². The largest absolute Gasteiger partial charge is 0.496 e. The number of allylic oxidation sites excluding steroid dienone is 2. The summed E-state index contributed by atoms with van der Waals surface area (Å²) in [5, 5.41) is 3.10. The van der Waals surface area contributed by atoms with Crippen molar-refractivity contribution in [3.63, 3.8) is 0 Å². The van der Waals surface area contributed by atoms with Gasteiger partial charge in [0.1, 0.15) is 17.4 Å². The maximum absolute atomic E-state index is 13.5. The number of nitrogens with one attached hydrogen (secondary N) is 1. The summed E-state index contributed by atoms with van der Waals surface area (Å²) in [5.74, 6) is 0.938. The Balaban J connectivity index is 2.31. The van der Waals surface area contributed by atoms with Crippen LogP contribution in [0.4, 0.5) is 4.39 Å². The lowest BCUT2D eigenvalue weighted by molar-refractivity contribution is 0.312. The molecule has 1 heterocycles. The molecular weight excluding hydrogens is 271 g/mol. The first-order chi connectivity index (χ1) is 10.0. The molecular formula is C15H21FN4O. The van der Waals surface area contributed by atoms with E-state index in [2.05, 4.69) is 10.2 Å². The van der Waals surface area contributed by atoms with Crippen LogP contribution in [0.2, 0.25) is 0 Å². The van der Waals surface area contributed by atoms with Crippen LogP contribution < -0.4 is 21.5 Å².